The summed E-state index contributed by atoms with van der Waals surface area (Å²) in [7, 11) is 0. The van der Waals surface area contributed by atoms with E-state index in [9.17, 15) is 22.8 Å². The van der Waals surface area contributed by atoms with E-state index in [1.165, 1.54) is 0 Å². The van der Waals surface area contributed by atoms with Crippen LogP contribution in [0, 0.1) is 0 Å². The molecule has 134 valence electrons. The normalized spacial score (nSPS) is 16.0. The molecular weight excluding hydrogens is 337 g/mol. The van der Waals surface area contributed by atoms with Gasteiger partial charge in [0.05, 0.1) is 23.3 Å². The Kier molecular flexibility index (Phi) is 4.09. The fraction of sp³-hybridized carbons (Fsp3) is 0.471. The third-order valence-corrected chi connectivity index (χ3v) is 4.44. The van der Waals surface area contributed by atoms with Gasteiger partial charge < -0.3 is 4.74 Å². The highest BCUT2D eigenvalue weighted by Gasteiger charge is 2.43. The van der Waals surface area contributed by atoms with Crippen molar-refractivity contribution in [2.75, 3.05) is 6.61 Å². The molecule has 0 saturated heterocycles. The van der Waals surface area contributed by atoms with Gasteiger partial charge in [0.25, 0.3) is 5.56 Å². The maximum atomic E-state index is 13.0. The predicted octanol–water partition coefficient (Wildman–Crippen LogP) is 3.03. The number of esters is 1. The van der Waals surface area contributed by atoms with E-state index in [1.807, 2.05) is 6.92 Å². The highest BCUT2D eigenvalue weighted by Crippen LogP contribution is 2.48. The van der Waals surface area contributed by atoms with Crippen LogP contribution in [0.3, 0.4) is 0 Å². The zero-order valence-electron chi connectivity index (χ0n) is 13.8. The van der Waals surface area contributed by atoms with E-state index in [4.69, 9.17) is 4.74 Å². The standard InChI is InChI=1S/C17H17F3N2O3/c1-3-25-13(23)9-22-15(24)11-5-4-10(17(18,19)20)8-12(11)14(21-22)16(2)6-7-16/h4-5,8H,3,6-7,9H2,1-2H3. The minimum Gasteiger partial charge on any atom is -0.465 e. The number of carbonyl (C=O) groups is 1. The Bertz CT molecular complexity index is 898. The number of nitrogens with zero attached hydrogens (tertiary/aromatic N) is 2. The average Bonchev–Trinajstić information content (AvgIpc) is 3.27. The second kappa shape index (κ2) is 5.86. The molecule has 1 heterocycles. The monoisotopic (exact) mass is 354 g/mol. The molecule has 0 bridgehead atoms. The van der Waals surface area contributed by atoms with Crippen LogP contribution < -0.4 is 5.56 Å². The molecule has 0 amide bonds. The molecular formula is C17H17F3N2O3. The second-order valence-corrected chi connectivity index (χ2v) is 6.44. The van der Waals surface area contributed by atoms with Crippen LogP contribution in [0.5, 0.6) is 0 Å². The quantitative estimate of drug-likeness (QED) is 0.792. The molecule has 0 radical (unpaired) electrons. The van der Waals surface area contributed by atoms with Gasteiger partial charge in [-0.25, -0.2) is 4.68 Å². The zero-order chi connectivity index (χ0) is 18.4. The number of fused-ring (bicyclic) bond motifs is 1. The zero-order valence-corrected chi connectivity index (χ0v) is 13.8. The van der Waals surface area contributed by atoms with Crippen molar-refractivity contribution in [3.63, 3.8) is 0 Å². The van der Waals surface area contributed by atoms with Crippen molar-refractivity contribution in [2.45, 2.75) is 44.8 Å². The summed E-state index contributed by atoms with van der Waals surface area (Å²) < 4.78 is 44.9. The molecule has 0 atom stereocenters. The molecule has 1 aliphatic carbocycles. The molecule has 0 N–H and O–H groups in total. The van der Waals surface area contributed by atoms with Crippen LogP contribution in [0.2, 0.25) is 0 Å². The highest BCUT2D eigenvalue weighted by atomic mass is 19.4. The van der Waals surface area contributed by atoms with E-state index in [0.717, 1.165) is 35.7 Å². The van der Waals surface area contributed by atoms with E-state index in [0.29, 0.717) is 5.69 Å². The fourth-order valence-electron chi connectivity index (χ4n) is 2.77. The molecule has 1 saturated carbocycles. The molecule has 2 aromatic rings. The molecule has 3 rings (SSSR count). The summed E-state index contributed by atoms with van der Waals surface area (Å²) in [6, 6.07) is 2.99. The molecule has 0 unspecified atom stereocenters. The van der Waals surface area contributed by atoms with Crippen LogP contribution in [0.1, 0.15) is 37.9 Å². The predicted molar refractivity (Wildman–Crippen MR) is 84.2 cm³/mol. The third-order valence-electron chi connectivity index (χ3n) is 4.44. The van der Waals surface area contributed by atoms with Crippen LogP contribution in [0.4, 0.5) is 13.2 Å². The van der Waals surface area contributed by atoms with E-state index in [-0.39, 0.29) is 29.3 Å². The molecule has 1 aliphatic rings. The first-order chi connectivity index (χ1) is 11.7. The first kappa shape index (κ1) is 17.4. The van der Waals surface area contributed by atoms with Crippen molar-refractivity contribution in [2.24, 2.45) is 0 Å². The van der Waals surface area contributed by atoms with Crippen molar-refractivity contribution in [3.05, 3.63) is 39.8 Å². The molecule has 0 aliphatic heterocycles. The van der Waals surface area contributed by atoms with Crippen LogP contribution in [0.25, 0.3) is 10.8 Å². The molecule has 1 aromatic carbocycles. The van der Waals surface area contributed by atoms with Crippen molar-refractivity contribution < 1.29 is 22.7 Å². The van der Waals surface area contributed by atoms with E-state index >= 15 is 0 Å². The Morgan fingerprint density at radius 1 is 1.32 bits per heavy atom. The van der Waals surface area contributed by atoms with Gasteiger partial charge >= 0.3 is 12.1 Å². The first-order valence-corrected chi connectivity index (χ1v) is 7.94. The summed E-state index contributed by atoms with van der Waals surface area (Å²) in [5, 5.41) is 4.53. The maximum absolute atomic E-state index is 13.0. The van der Waals surface area contributed by atoms with Gasteiger partial charge in [0.1, 0.15) is 6.54 Å². The number of alkyl halides is 3. The SMILES string of the molecule is CCOC(=O)Cn1nc(C2(C)CC2)c2cc(C(F)(F)F)ccc2c1=O. The van der Waals surface area contributed by atoms with Gasteiger partial charge in [-0.3, -0.25) is 9.59 Å². The number of aromatic nitrogens is 2. The number of benzene rings is 1. The Balaban J connectivity index is 2.21. The Morgan fingerprint density at radius 3 is 2.56 bits per heavy atom. The lowest BCUT2D eigenvalue weighted by Gasteiger charge is -2.16. The van der Waals surface area contributed by atoms with E-state index in [1.54, 1.807) is 6.92 Å². The maximum Gasteiger partial charge on any atom is 0.416 e. The van der Waals surface area contributed by atoms with E-state index in [2.05, 4.69) is 5.10 Å². The number of ether oxygens (including phenoxy) is 1. The van der Waals surface area contributed by atoms with Gasteiger partial charge in [0.15, 0.2) is 0 Å². The molecule has 1 fully saturated rings. The smallest absolute Gasteiger partial charge is 0.416 e. The fourth-order valence-corrected chi connectivity index (χ4v) is 2.77. The Morgan fingerprint density at radius 2 is 2.00 bits per heavy atom. The lowest BCUT2D eigenvalue weighted by Crippen LogP contribution is -2.30. The molecule has 25 heavy (non-hydrogen) atoms. The number of hydrogen-bond acceptors (Lipinski definition) is 4. The van der Waals surface area contributed by atoms with Crippen molar-refractivity contribution in [1.82, 2.24) is 9.78 Å². The van der Waals surface area contributed by atoms with Gasteiger partial charge in [0.2, 0.25) is 0 Å². The topological polar surface area (TPSA) is 61.2 Å². The van der Waals surface area contributed by atoms with Gasteiger partial charge in [-0.05, 0) is 38.0 Å². The molecule has 1 aromatic heterocycles. The summed E-state index contributed by atoms with van der Waals surface area (Å²) in [4.78, 5) is 24.2. The van der Waals surface area contributed by atoms with Gasteiger partial charge in [-0.15, -0.1) is 0 Å². The van der Waals surface area contributed by atoms with Crippen molar-refractivity contribution in [3.8, 4) is 0 Å². The number of rotatable bonds is 4. The second-order valence-electron chi connectivity index (χ2n) is 6.44. The molecule has 0 spiro atoms. The van der Waals surface area contributed by atoms with E-state index < -0.39 is 23.3 Å². The third kappa shape index (κ3) is 3.25. The summed E-state index contributed by atoms with van der Waals surface area (Å²) in [5.41, 5.74) is -1.40. The summed E-state index contributed by atoms with van der Waals surface area (Å²) in [5.74, 6) is -0.615. The highest BCUT2D eigenvalue weighted by molar-refractivity contribution is 5.86. The van der Waals surface area contributed by atoms with Crippen LogP contribution >= 0.6 is 0 Å². The van der Waals surface area contributed by atoms with Gasteiger partial charge in [0, 0.05) is 10.8 Å². The number of carbonyl (C=O) groups excluding carboxylic acids is 1. The summed E-state index contributed by atoms with van der Waals surface area (Å²) in [6.07, 6.45) is -2.97. The van der Waals surface area contributed by atoms with Crippen molar-refractivity contribution >= 4 is 16.7 Å². The minimum absolute atomic E-state index is 0.121. The molecule has 5 nitrogen and oxygen atoms in total. The lowest BCUT2D eigenvalue weighted by atomic mass is 9.97. The number of halogens is 3. The average molecular weight is 354 g/mol. The number of hydrogen-bond donors (Lipinski definition) is 0. The van der Waals surface area contributed by atoms with Crippen LogP contribution in [-0.2, 0) is 27.7 Å². The van der Waals surface area contributed by atoms with Crippen molar-refractivity contribution in [1.29, 1.82) is 0 Å². The lowest BCUT2D eigenvalue weighted by molar-refractivity contribution is -0.144. The van der Waals surface area contributed by atoms with Crippen LogP contribution in [0.15, 0.2) is 23.0 Å². The summed E-state index contributed by atoms with van der Waals surface area (Å²) >= 11 is 0. The first-order valence-electron chi connectivity index (χ1n) is 7.94. The Hall–Kier alpha value is -2.38. The Labute approximate surface area is 141 Å². The van der Waals surface area contributed by atoms with Gasteiger partial charge in [-0.1, -0.05) is 6.92 Å². The molecule has 8 heteroatoms. The van der Waals surface area contributed by atoms with Crippen LogP contribution in [-0.4, -0.2) is 22.4 Å². The van der Waals surface area contributed by atoms with Gasteiger partial charge in [-0.2, -0.15) is 18.3 Å². The minimum atomic E-state index is -4.50. The largest absolute Gasteiger partial charge is 0.465 e. The summed E-state index contributed by atoms with van der Waals surface area (Å²) in [6.45, 7) is 3.32.